The van der Waals surface area contributed by atoms with Crippen molar-refractivity contribution >= 4 is 17.4 Å². The van der Waals surface area contributed by atoms with Gasteiger partial charge in [0.15, 0.2) is 5.75 Å². The van der Waals surface area contributed by atoms with Crippen LogP contribution in [-0.2, 0) is 6.54 Å². The van der Waals surface area contributed by atoms with Crippen molar-refractivity contribution < 1.29 is 14.4 Å². The Kier molecular flexibility index (Phi) is 5.22. The van der Waals surface area contributed by atoms with Crippen LogP contribution < -0.4 is 31.0 Å². The SMILES string of the molecule is COc1cccc(NC(=O)NCc2cccc(N3Oc4ccccc4C3N)c2)c1. The largest absolute Gasteiger partial charge is 0.497 e. The molecule has 1 unspecified atom stereocenters. The summed E-state index contributed by atoms with van der Waals surface area (Å²) in [4.78, 5) is 18.1. The number of urea groups is 1. The van der Waals surface area contributed by atoms with Crippen molar-refractivity contribution in [1.29, 1.82) is 0 Å². The Hall–Kier alpha value is -3.71. The third-order valence-corrected chi connectivity index (χ3v) is 4.63. The number of methoxy groups -OCH3 is 1. The molecule has 4 N–H and O–H groups in total. The zero-order chi connectivity index (χ0) is 20.2. The molecule has 4 rings (SSSR count). The standard InChI is InChI=1S/C22H22N4O3/c1-28-18-9-5-7-16(13-18)25-22(27)24-14-15-6-4-8-17(12-15)26-21(23)19-10-2-3-11-20(19)29-26/h2-13,21H,14,23H2,1H3,(H2,24,25,27). The van der Waals surface area contributed by atoms with Crippen LogP contribution in [0.5, 0.6) is 11.5 Å². The number of nitrogens with zero attached hydrogens (tertiary/aromatic N) is 1. The maximum absolute atomic E-state index is 12.2. The van der Waals surface area contributed by atoms with Crippen LogP contribution in [0.3, 0.4) is 0 Å². The third kappa shape index (κ3) is 4.09. The van der Waals surface area contributed by atoms with Crippen LogP contribution in [0.15, 0.2) is 72.8 Å². The highest BCUT2D eigenvalue weighted by atomic mass is 16.7. The first kappa shape index (κ1) is 18.6. The average molecular weight is 390 g/mol. The normalized spacial score (nSPS) is 14.7. The highest BCUT2D eigenvalue weighted by Gasteiger charge is 2.29. The molecule has 0 bridgehead atoms. The van der Waals surface area contributed by atoms with Gasteiger partial charge in [-0.05, 0) is 35.9 Å². The number of amides is 2. The second-order valence-corrected chi connectivity index (χ2v) is 6.61. The second kappa shape index (κ2) is 8.12. The number of benzene rings is 3. The lowest BCUT2D eigenvalue weighted by Gasteiger charge is -2.22. The molecule has 1 atom stereocenters. The lowest BCUT2D eigenvalue weighted by atomic mass is 10.1. The summed E-state index contributed by atoms with van der Waals surface area (Å²) in [5.74, 6) is 1.43. The minimum atomic E-state index is -0.384. The summed E-state index contributed by atoms with van der Waals surface area (Å²) in [6.45, 7) is 0.361. The fraction of sp³-hybridized carbons (Fsp3) is 0.136. The van der Waals surface area contributed by atoms with Crippen molar-refractivity contribution in [2.45, 2.75) is 12.7 Å². The molecule has 2 amide bonds. The van der Waals surface area contributed by atoms with Crippen molar-refractivity contribution in [2.24, 2.45) is 5.73 Å². The Morgan fingerprint density at radius 1 is 1.10 bits per heavy atom. The molecule has 0 spiro atoms. The van der Waals surface area contributed by atoms with E-state index in [9.17, 15) is 4.79 Å². The molecule has 0 saturated carbocycles. The van der Waals surface area contributed by atoms with Crippen molar-refractivity contribution in [3.8, 4) is 11.5 Å². The molecule has 1 aliphatic heterocycles. The number of ether oxygens (including phenoxy) is 1. The highest BCUT2D eigenvalue weighted by Crippen LogP contribution is 2.37. The van der Waals surface area contributed by atoms with Crippen LogP contribution in [-0.4, -0.2) is 13.1 Å². The van der Waals surface area contributed by atoms with Gasteiger partial charge in [-0.3, -0.25) is 0 Å². The number of para-hydroxylation sites is 1. The number of hydroxylamine groups is 1. The van der Waals surface area contributed by atoms with Crippen LogP contribution >= 0.6 is 0 Å². The smallest absolute Gasteiger partial charge is 0.319 e. The van der Waals surface area contributed by atoms with E-state index in [-0.39, 0.29) is 12.2 Å². The van der Waals surface area contributed by atoms with Crippen molar-refractivity contribution in [2.75, 3.05) is 17.5 Å². The first-order valence-electron chi connectivity index (χ1n) is 9.23. The number of anilines is 2. The Morgan fingerprint density at radius 2 is 1.93 bits per heavy atom. The molecular weight excluding hydrogens is 368 g/mol. The predicted molar refractivity (Wildman–Crippen MR) is 112 cm³/mol. The number of nitrogens with one attached hydrogen (secondary N) is 2. The van der Waals surface area contributed by atoms with Crippen molar-refractivity contribution in [3.05, 3.63) is 83.9 Å². The Morgan fingerprint density at radius 3 is 2.76 bits per heavy atom. The van der Waals surface area contributed by atoms with Crippen LogP contribution in [0.4, 0.5) is 16.2 Å². The summed E-state index contributed by atoms with van der Waals surface area (Å²) in [7, 11) is 1.58. The van der Waals surface area contributed by atoms with Gasteiger partial charge in [-0.15, -0.1) is 0 Å². The topological polar surface area (TPSA) is 88.8 Å². The quantitative estimate of drug-likeness (QED) is 0.617. The molecular formula is C22H22N4O3. The van der Waals surface area contributed by atoms with Gasteiger partial charge in [0.25, 0.3) is 0 Å². The van der Waals surface area contributed by atoms with Gasteiger partial charge < -0.3 is 25.9 Å². The lowest BCUT2D eigenvalue weighted by Crippen LogP contribution is -2.32. The summed E-state index contributed by atoms with van der Waals surface area (Å²) < 4.78 is 5.16. The fourth-order valence-corrected chi connectivity index (χ4v) is 3.17. The third-order valence-electron chi connectivity index (χ3n) is 4.63. The number of carbonyl (C=O) groups excluding carboxylic acids is 1. The molecule has 0 aromatic heterocycles. The van der Waals surface area contributed by atoms with E-state index in [2.05, 4.69) is 10.6 Å². The number of hydrogen-bond acceptors (Lipinski definition) is 5. The lowest BCUT2D eigenvalue weighted by molar-refractivity contribution is 0.251. The molecule has 29 heavy (non-hydrogen) atoms. The zero-order valence-corrected chi connectivity index (χ0v) is 16.0. The number of fused-ring (bicyclic) bond motifs is 1. The summed E-state index contributed by atoms with van der Waals surface area (Å²) in [6, 6.07) is 22.3. The van der Waals surface area contributed by atoms with E-state index in [0.29, 0.717) is 18.0 Å². The van der Waals surface area contributed by atoms with E-state index in [1.54, 1.807) is 24.3 Å². The van der Waals surface area contributed by atoms with Gasteiger partial charge in [-0.1, -0.05) is 36.4 Å². The fourth-order valence-electron chi connectivity index (χ4n) is 3.17. The molecule has 3 aromatic rings. The second-order valence-electron chi connectivity index (χ2n) is 6.61. The van der Waals surface area contributed by atoms with Gasteiger partial charge in [-0.25, -0.2) is 4.79 Å². The number of rotatable bonds is 5. The molecule has 0 fully saturated rings. The van der Waals surface area contributed by atoms with E-state index >= 15 is 0 Å². The molecule has 0 saturated heterocycles. The molecule has 1 aliphatic rings. The molecule has 3 aromatic carbocycles. The van der Waals surface area contributed by atoms with Crippen LogP contribution in [0.1, 0.15) is 17.3 Å². The maximum Gasteiger partial charge on any atom is 0.319 e. The van der Waals surface area contributed by atoms with Gasteiger partial charge in [0.05, 0.1) is 12.8 Å². The molecule has 0 radical (unpaired) electrons. The number of nitrogens with two attached hydrogens (primary N) is 1. The predicted octanol–water partition coefficient (Wildman–Crippen LogP) is 3.79. The molecule has 7 nitrogen and oxygen atoms in total. The summed E-state index contributed by atoms with van der Waals surface area (Å²) in [6.07, 6.45) is -0.384. The number of carbonyl (C=O) groups is 1. The molecule has 148 valence electrons. The minimum absolute atomic E-state index is 0.301. The van der Waals surface area contributed by atoms with E-state index in [1.807, 2.05) is 60.7 Å². The van der Waals surface area contributed by atoms with Gasteiger partial charge in [0.2, 0.25) is 0 Å². The Bertz CT molecular complexity index is 1020. The first-order valence-corrected chi connectivity index (χ1v) is 9.23. The van der Waals surface area contributed by atoms with E-state index in [1.165, 1.54) is 0 Å². The highest BCUT2D eigenvalue weighted by molar-refractivity contribution is 5.89. The van der Waals surface area contributed by atoms with Crippen LogP contribution in [0.25, 0.3) is 0 Å². The molecule has 0 aliphatic carbocycles. The first-order chi connectivity index (χ1) is 14.1. The molecule has 1 heterocycles. The van der Waals surface area contributed by atoms with E-state index < -0.39 is 0 Å². The van der Waals surface area contributed by atoms with Crippen LogP contribution in [0, 0.1) is 0 Å². The summed E-state index contributed by atoms with van der Waals surface area (Å²) >= 11 is 0. The zero-order valence-electron chi connectivity index (χ0n) is 16.0. The summed E-state index contributed by atoms with van der Waals surface area (Å²) in [5.41, 5.74) is 9.66. The van der Waals surface area contributed by atoms with Gasteiger partial charge in [-0.2, -0.15) is 5.06 Å². The van der Waals surface area contributed by atoms with Gasteiger partial charge >= 0.3 is 6.03 Å². The molecule has 7 heteroatoms. The van der Waals surface area contributed by atoms with E-state index in [4.69, 9.17) is 15.3 Å². The number of hydrogen-bond donors (Lipinski definition) is 3. The summed E-state index contributed by atoms with van der Waals surface area (Å²) in [5, 5.41) is 7.31. The minimum Gasteiger partial charge on any atom is -0.497 e. The average Bonchev–Trinajstić information content (AvgIpc) is 3.09. The van der Waals surface area contributed by atoms with Crippen molar-refractivity contribution in [3.63, 3.8) is 0 Å². The Balaban J connectivity index is 1.39. The van der Waals surface area contributed by atoms with E-state index in [0.717, 1.165) is 22.6 Å². The van der Waals surface area contributed by atoms with Gasteiger partial charge in [0.1, 0.15) is 11.9 Å². The van der Waals surface area contributed by atoms with Gasteiger partial charge in [0, 0.05) is 23.9 Å². The Labute approximate surface area is 169 Å². The monoisotopic (exact) mass is 390 g/mol. The van der Waals surface area contributed by atoms with Crippen molar-refractivity contribution in [1.82, 2.24) is 5.32 Å². The maximum atomic E-state index is 12.2. The van der Waals surface area contributed by atoms with Crippen LogP contribution in [0.2, 0.25) is 0 Å².